The fraction of sp³-hybridized carbons (Fsp3) is 0.417. The van der Waals surface area contributed by atoms with Crippen LogP contribution in [0.4, 0.5) is 26.3 Å². The smallest absolute Gasteiger partial charge is 0.405 e. The second-order valence-corrected chi connectivity index (χ2v) is 10.8. The maximum Gasteiger partial charge on any atom is 0.573 e. The molecule has 1 heterocycles. The van der Waals surface area contributed by atoms with E-state index in [2.05, 4.69) is 8.92 Å². The van der Waals surface area contributed by atoms with Crippen molar-refractivity contribution in [3.63, 3.8) is 0 Å². The summed E-state index contributed by atoms with van der Waals surface area (Å²) in [5.41, 5.74) is -4.84. The van der Waals surface area contributed by atoms with Gasteiger partial charge in [-0.05, 0) is 59.7 Å². The first-order valence-corrected chi connectivity index (χ1v) is 12.4. The second kappa shape index (κ2) is 9.21. The number of hydrogen-bond acceptors (Lipinski definition) is 6. The van der Waals surface area contributed by atoms with Gasteiger partial charge in [0.05, 0.1) is 13.2 Å². The Bertz CT molecular complexity index is 1340. The van der Waals surface area contributed by atoms with Gasteiger partial charge in [0.15, 0.2) is 6.29 Å². The lowest BCUT2D eigenvalue weighted by Crippen LogP contribution is -2.28. The van der Waals surface area contributed by atoms with Crippen LogP contribution >= 0.6 is 0 Å². The monoisotopic (exact) mass is 552 g/mol. The molecule has 1 aliphatic carbocycles. The van der Waals surface area contributed by atoms with Crippen molar-refractivity contribution < 1.29 is 53.2 Å². The molecule has 202 valence electrons. The van der Waals surface area contributed by atoms with E-state index < -0.39 is 45.2 Å². The molecular formula is C24H22F6O6S. The van der Waals surface area contributed by atoms with Gasteiger partial charge in [0.2, 0.25) is 0 Å². The molecule has 0 bridgehead atoms. The van der Waals surface area contributed by atoms with Gasteiger partial charge >= 0.3 is 22.0 Å². The molecule has 0 atom stereocenters. The first-order valence-electron chi connectivity index (χ1n) is 11.0. The molecule has 1 aliphatic heterocycles. The van der Waals surface area contributed by atoms with Gasteiger partial charge in [0.25, 0.3) is 0 Å². The lowest BCUT2D eigenvalue weighted by molar-refractivity contribution is -0.274. The van der Waals surface area contributed by atoms with Crippen LogP contribution in [-0.2, 0) is 29.2 Å². The summed E-state index contributed by atoms with van der Waals surface area (Å²) in [6.07, 6.45) is -4.48. The minimum Gasteiger partial charge on any atom is -0.405 e. The summed E-state index contributed by atoms with van der Waals surface area (Å²) in [4.78, 5) is 0. The van der Waals surface area contributed by atoms with E-state index in [-0.39, 0.29) is 36.3 Å². The number of rotatable bonds is 5. The Morgan fingerprint density at radius 3 is 2.19 bits per heavy atom. The number of aryl methyl sites for hydroxylation is 1. The average molecular weight is 552 g/mol. The number of alkyl halides is 6. The fourth-order valence-corrected chi connectivity index (χ4v) is 4.73. The first-order chi connectivity index (χ1) is 17.0. The van der Waals surface area contributed by atoms with Crippen LogP contribution in [-0.4, -0.2) is 33.5 Å². The Labute approximate surface area is 208 Å². The van der Waals surface area contributed by atoms with Gasteiger partial charge in [0.1, 0.15) is 11.5 Å². The minimum atomic E-state index is -5.99. The maximum atomic E-state index is 13.2. The molecule has 37 heavy (non-hydrogen) atoms. The predicted octanol–water partition coefficient (Wildman–Crippen LogP) is 6.49. The lowest BCUT2D eigenvalue weighted by Gasteiger charge is -2.32. The van der Waals surface area contributed by atoms with Crippen molar-refractivity contribution in [2.75, 3.05) is 13.2 Å². The van der Waals surface area contributed by atoms with Gasteiger partial charge in [-0.15, -0.1) is 13.2 Å². The van der Waals surface area contributed by atoms with Crippen molar-refractivity contribution >= 4 is 15.9 Å². The molecule has 4 rings (SSSR count). The van der Waals surface area contributed by atoms with Crippen molar-refractivity contribution in [3.8, 4) is 16.9 Å². The van der Waals surface area contributed by atoms with Crippen LogP contribution in [0, 0.1) is 6.92 Å². The topological polar surface area (TPSA) is 71.1 Å². The molecule has 2 aromatic rings. The summed E-state index contributed by atoms with van der Waals surface area (Å²) < 4.78 is 122. The highest BCUT2D eigenvalue weighted by atomic mass is 32.2. The molecule has 0 radical (unpaired) electrons. The van der Waals surface area contributed by atoms with E-state index in [1.807, 2.05) is 0 Å². The molecule has 6 nitrogen and oxygen atoms in total. The fourth-order valence-electron chi connectivity index (χ4n) is 4.24. The maximum absolute atomic E-state index is 13.2. The average Bonchev–Trinajstić information content (AvgIpc) is 3.29. The van der Waals surface area contributed by atoms with Crippen LogP contribution in [0.5, 0.6) is 5.75 Å². The summed E-state index contributed by atoms with van der Waals surface area (Å²) in [6.45, 7) is 5.78. The van der Waals surface area contributed by atoms with E-state index in [9.17, 15) is 34.8 Å². The van der Waals surface area contributed by atoms with Crippen molar-refractivity contribution in [2.45, 2.75) is 50.8 Å². The van der Waals surface area contributed by atoms with Crippen LogP contribution in [0.2, 0.25) is 0 Å². The molecule has 2 aromatic carbocycles. The standard InChI is InChI=1S/C24H22F6O6S/c1-13-10-18-17(20(6-7-22(18,2)3)36-37(31,32)24(28,29)30)12-15(13)16-11-14(21-33-8-9-34-21)4-5-19(16)35-23(25,26)27/h4-6,10-12,21H,7-9H2,1-3H3. The second-order valence-electron chi connectivity index (χ2n) is 9.23. The third kappa shape index (κ3) is 5.58. The van der Waals surface area contributed by atoms with E-state index >= 15 is 0 Å². The normalized spacial score (nSPS) is 18.4. The Morgan fingerprint density at radius 1 is 0.946 bits per heavy atom. The molecule has 0 spiro atoms. The summed E-state index contributed by atoms with van der Waals surface area (Å²) in [5.74, 6) is -1.13. The zero-order valence-corrected chi connectivity index (χ0v) is 20.6. The van der Waals surface area contributed by atoms with Crippen LogP contribution in [0.3, 0.4) is 0 Å². The number of allylic oxidation sites excluding steroid dienone is 1. The number of fused-ring (bicyclic) bond motifs is 1. The van der Waals surface area contributed by atoms with Crippen molar-refractivity contribution in [1.82, 2.24) is 0 Å². The third-order valence-corrected chi connectivity index (χ3v) is 7.02. The summed E-state index contributed by atoms with van der Waals surface area (Å²) in [5, 5.41) is 0. The molecule has 0 saturated carbocycles. The number of hydrogen-bond donors (Lipinski definition) is 0. The number of halogens is 6. The van der Waals surface area contributed by atoms with E-state index in [0.29, 0.717) is 16.7 Å². The Balaban J connectivity index is 1.90. The molecule has 0 N–H and O–H groups in total. The molecule has 1 fully saturated rings. The van der Waals surface area contributed by atoms with E-state index in [4.69, 9.17) is 9.47 Å². The number of ether oxygens (including phenoxy) is 3. The van der Waals surface area contributed by atoms with E-state index in [1.165, 1.54) is 24.3 Å². The molecule has 0 unspecified atom stereocenters. The zero-order chi connectivity index (χ0) is 27.4. The van der Waals surface area contributed by atoms with Gasteiger partial charge in [-0.1, -0.05) is 26.0 Å². The first kappa shape index (κ1) is 27.3. The molecule has 1 saturated heterocycles. The highest BCUT2D eigenvalue weighted by molar-refractivity contribution is 7.87. The third-order valence-electron chi connectivity index (χ3n) is 6.05. The van der Waals surface area contributed by atoms with E-state index in [0.717, 1.165) is 6.07 Å². The zero-order valence-electron chi connectivity index (χ0n) is 19.8. The minimum absolute atomic E-state index is 0.00130. The lowest BCUT2D eigenvalue weighted by atomic mass is 9.73. The molecule has 0 aromatic heterocycles. The van der Waals surface area contributed by atoms with Gasteiger partial charge in [-0.3, -0.25) is 0 Å². The van der Waals surface area contributed by atoms with E-state index in [1.54, 1.807) is 26.8 Å². The quantitative estimate of drug-likeness (QED) is 0.240. The highest BCUT2D eigenvalue weighted by Gasteiger charge is 2.49. The molecular weight excluding hydrogens is 530 g/mol. The Morgan fingerprint density at radius 2 is 1.59 bits per heavy atom. The van der Waals surface area contributed by atoms with Gasteiger partial charge < -0.3 is 18.4 Å². The van der Waals surface area contributed by atoms with Crippen LogP contribution in [0.25, 0.3) is 16.9 Å². The van der Waals surface area contributed by atoms with Gasteiger partial charge in [0, 0.05) is 16.7 Å². The number of benzene rings is 2. The summed E-state index contributed by atoms with van der Waals surface area (Å²) >= 11 is 0. The van der Waals surface area contributed by atoms with Crippen LogP contribution in [0.1, 0.15) is 48.8 Å². The largest absolute Gasteiger partial charge is 0.573 e. The summed E-state index contributed by atoms with van der Waals surface area (Å²) in [6, 6.07) is 6.71. The predicted molar refractivity (Wildman–Crippen MR) is 120 cm³/mol. The van der Waals surface area contributed by atoms with Crippen molar-refractivity contribution in [1.29, 1.82) is 0 Å². The van der Waals surface area contributed by atoms with Gasteiger partial charge in [-0.2, -0.15) is 21.6 Å². The summed E-state index contributed by atoms with van der Waals surface area (Å²) in [7, 11) is -5.99. The molecule has 2 aliphatic rings. The Hall–Kier alpha value is -2.77. The van der Waals surface area contributed by atoms with Crippen LogP contribution in [0.15, 0.2) is 36.4 Å². The SMILES string of the molecule is Cc1cc2c(cc1-c1cc(C3OCCO3)ccc1OC(F)(F)F)C(OS(=O)(=O)C(F)(F)F)=CCC2(C)C. The van der Waals surface area contributed by atoms with Crippen LogP contribution < -0.4 is 4.74 Å². The Kier molecular flexibility index (Phi) is 6.79. The highest BCUT2D eigenvalue weighted by Crippen LogP contribution is 2.46. The van der Waals surface area contributed by atoms with Crippen molar-refractivity contribution in [3.05, 3.63) is 58.7 Å². The van der Waals surface area contributed by atoms with Crippen molar-refractivity contribution in [2.24, 2.45) is 0 Å². The van der Waals surface area contributed by atoms with Gasteiger partial charge in [-0.25, -0.2) is 0 Å². The molecule has 13 heteroatoms. The molecule has 0 amide bonds.